The Kier molecular flexibility index (Phi) is 5.91. The standard InChI is InChI=1S/C31H28N2O5S/c34-14-11-31(9-10-31)30(36)32-19-7-8-26-24(17-19)22-5-2-4-21(29(22)39-26)20-3-1-6-23-25(35)18-27(38-28(20)23)33-12-15-37-16-13-33/h1-8,17-18,34H,9-16H2,(H,32,36). The molecule has 0 spiro atoms. The van der Waals surface area contributed by atoms with Crippen LogP contribution in [0.15, 0.2) is 69.9 Å². The zero-order valence-corrected chi connectivity index (χ0v) is 22.2. The molecule has 1 saturated heterocycles. The minimum atomic E-state index is -0.425. The van der Waals surface area contributed by atoms with Gasteiger partial charge in [-0.05, 0) is 43.5 Å². The highest BCUT2D eigenvalue weighted by atomic mass is 32.1. The van der Waals surface area contributed by atoms with Crippen molar-refractivity contribution in [3.05, 3.63) is 70.9 Å². The first-order valence-corrected chi connectivity index (χ1v) is 14.2. The molecule has 1 amide bonds. The quantitative estimate of drug-likeness (QED) is 0.284. The Morgan fingerprint density at radius 3 is 2.51 bits per heavy atom. The first kappa shape index (κ1) is 24.3. The number of nitrogens with zero attached hydrogens (tertiary/aromatic N) is 1. The molecule has 3 aromatic carbocycles. The lowest BCUT2D eigenvalue weighted by molar-refractivity contribution is -0.121. The molecule has 1 saturated carbocycles. The van der Waals surface area contributed by atoms with E-state index in [9.17, 15) is 14.7 Å². The maximum Gasteiger partial charge on any atom is 0.230 e. The van der Waals surface area contributed by atoms with Crippen LogP contribution in [-0.4, -0.2) is 43.9 Å². The largest absolute Gasteiger partial charge is 0.440 e. The van der Waals surface area contributed by atoms with E-state index in [2.05, 4.69) is 22.3 Å². The van der Waals surface area contributed by atoms with E-state index in [-0.39, 0.29) is 17.9 Å². The fourth-order valence-corrected chi connectivity index (χ4v) is 6.83. The molecular formula is C31H28N2O5S. The van der Waals surface area contributed by atoms with Crippen LogP contribution < -0.4 is 15.6 Å². The van der Waals surface area contributed by atoms with Gasteiger partial charge in [0, 0.05) is 62.7 Å². The molecule has 198 valence electrons. The van der Waals surface area contributed by atoms with Crippen LogP contribution in [0.25, 0.3) is 42.3 Å². The molecule has 39 heavy (non-hydrogen) atoms. The third-order valence-corrected chi connectivity index (χ3v) is 9.25. The van der Waals surface area contributed by atoms with Crippen LogP contribution in [0.1, 0.15) is 19.3 Å². The van der Waals surface area contributed by atoms with E-state index in [0.717, 1.165) is 49.8 Å². The highest BCUT2D eigenvalue weighted by Gasteiger charge is 2.49. The van der Waals surface area contributed by atoms with Crippen LogP contribution in [0.5, 0.6) is 0 Å². The summed E-state index contributed by atoms with van der Waals surface area (Å²) in [4.78, 5) is 28.1. The van der Waals surface area contributed by atoms with Crippen molar-refractivity contribution in [2.75, 3.05) is 43.1 Å². The van der Waals surface area contributed by atoms with Gasteiger partial charge in [-0.3, -0.25) is 9.59 Å². The summed E-state index contributed by atoms with van der Waals surface area (Å²) in [5.74, 6) is 0.555. The molecule has 2 aliphatic rings. The van der Waals surface area contributed by atoms with Crippen LogP contribution in [0.3, 0.4) is 0 Å². The number of nitrogens with one attached hydrogen (secondary N) is 1. The molecule has 8 heteroatoms. The number of hydrogen-bond acceptors (Lipinski definition) is 7. The minimum absolute atomic E-state index is 0.0158. The second-order valence-corrected chi connectivity index (χ2v) is 11.5. The van der Waals surface area contributed by atoms with Crippen LogP contribution in [-0.2, 0) is 9.53 Å². The first-order chi connectivity index (χ1) is 19.1. The predicted octanol–water partition coefficient (Wildman–Crippen LogP) is 5.77. The fraction of sp³-hybridized carbons (Fsp3) is 0.290. The van der Waals surface area contributed by atoms with Gasteiger partial charge < -0.3 is 24.5 Å². The fourth-order valence-electron chi connectivity index (χ4n) is 5.62. The number of hydrogen-bond donors (Lipinski definition) is 2. The van der Waals surface area contributed by atoms with Crippen molar-refractivity contribution in [3.63, 3.8) is 0 Å². The second-order valence-electron chi connectivity index (χ2n) is 10.4. The summed E-state index contributed by atoms with van der Waals surface area (Å²) in [5.41, 5.74) is 2.75. The van der Waals surface area contributed by atoms with Crippen molar-refractivity contribution in [2.24, 2.45) is 5.41 Å². The lowest BCUT2D eigenvalue weighted by Gasteiger charge is -2.27. The Morgan fingerprint density at radius 1 is 0.974 bits per heavy atom. The predicted molar refractivity (Wildman–Crippen MR) is 156 cm³/mol. The normalized spacial score (nSPS) is 16.7. The lowest BCUT2D eigenvalue weighted by atomic mass is 10.00. The zero-order valence-electron chi connectivity index (χ0n) is 21.4. The average Bonchev–Trinajstić information content (AvgIpc) is 3.66. The SMILES string of the molecule is O=C(Nc1ccc2sc3c(-c4cccc5c(=O)cc(N6CCOCC6)oc45)cccc3c2c1)C1(CCO)CC1. The number of rotatable bonds is 6. The van der Waals surface area contributed by atoms with Crippen LogP contribution in [0.4, 0.5) is 11.6 Å². The lowest BCUT2D eigenvalue weighted by Crippen LogP contribution is -2.36. The summed E-state index contributed by atoms with van der Waals surface area (Å²) in [6, 6.07) is 19.5. The molecule has 2 aromatic heterocycles. The van der Waals surface area contributed by atoms with Crippen LogP contribution in [0.2, 0.25) is 0 Å². The van der Waals surface area contributed by atoms with Crippen molar-refractivity contribution in [1.82, 2.24) is 0 Å². The number of amides is 1. The maximum atomic E-state index is 13.1. The Labute approximate surface area is 228 Å². The van der Waals surface area contributed by atoms with Gasteiger partial charge in [-0.1, -0.05) is 30.3 Å². The first-order valence-electron chi connectivity index (χ1n) is 13.3. The molecule has 2 fully saturated rings. The molecule has 3 heterocycles. The Morgan fingerprint density at radius 2 is 1.74 bits per heavy atom. The Hall–Kier alpha value is -3.72. The van der Waals surface area contributed by atoms with Gasteiger partial charge in [0.15, 0.2) is 11.3 Å². The van der Waals surface area contributed by atoms with Crippen molar-refractivity contribution in [2.45, 2.75) is 19.3 Å². The van der Waals surface area contributed by atoms with Gasteiger partial charge in [0.05, 0.1) is 24.0 Å². The van der Waals surface area contributed by atoms with Gasteiger partial charge in [-0.25, -0.2) is 0 Å². The van der Waals surface area contributed by atoms with Crippen LogP contribution in [0, 0.1) is 5.41 Å². The topological polar surface area (TPSA) is 92.0 Å². The number of aliphatic hydroxyl groups is 1. The Balaban J connectivity index is 1.33. The molecule has 1 aliphatic heterocycles. The van der Waals surface area contributed by atoms with E-state index >= 15 is 0 Å². The van der Waals surface area contributed by atoms with E-state index in [1.165, 1.54) is 0 Å². The van der Waals surface area contributed by atoms with Crippen molar-refractivity contribution >= 4 is 60.0 Å². The monoisotopic (exact) mass is 540 g/mol. The second kappa shape index (κ2) is 9.48. The number of fused-ring (bicyclic) bond motifs is 4. The van der Waals surface area contributed by atoms with E-state index in [4.69, 9.17) is 9.15 Å². The van der Waals surface area contributed by atoms with E-state index in [1.54, 1.807) is 17.4 Å². The zero-order chi connectivity index (χ0) is 26.6. The molecule has 0 unspecified atom stereocenters. The number of anilines is 2. The number of ether oxygens (including phenoxy) is 1. The van der Waals surface area contributed by atoms with Gasteiger partial charge in [0.2, 0.25) is 5.91 Å². The van der Waals surface area contributed by atoms with E-state index in [0.29, 0.717) is 49.6 Å². The van der Waals surface area contributed by atoms with E-state index in [1.807, 2.05) is 42.5 Å². The molecule has 7 nitrogen and oxygen atoms in total. The highest BCUT2D eigenvalue weighted by Crippen LogP contribution is 2.49. The number of thiophene rings is 1. The van der Waals surface area contributed by atoms with Gasteiger partial charge in [-0.2, -0.15) is 0 Å². The van der Waals surface area contributed by atoms with E-state index < -0.39 is 5.41 Å². The summed E-state index contributed by atoms with van der Waals surface area (Å²) in [7, 11) is 0. The number of morpholine rings is 1. The molecule has 5 aromatic rings. The van der Waals surface area contributed by atoms with Crippen molar-refractivity contribution < 1.29 is 19.1 Å². The Bertz CT molecular complexity index is 1800. The third-order valence-electron chi connectivity index (χ3n) is 8.03. The summed E-state index contributed by atoms with van der Waals surface area (Å²) < 4.78 is 14.1. The number of para-hydroxylation sites is 1. The van der Waals surface area contributed by atoms with Crippen molar-refractivity contribution in [1.29, 1.82) is 0 Å². The number of carbonyl (C=O) groups is 1. The van der Waals surface area contributed by atoms with Gasteiger partial charge in [0.25, 0.3) is 0 Å². The summed E-state index contributed by atoms with van der Waals surface area (Å²) >= 11 is 1.69. The van der Waals surface area contributed by atoms with Gasteiger partial charge in [0.1, 0.15) is 5.58 Å². The molecular weight excluding hydrogens is 512 g/mol. The smallest absolute Gasteiger partial charge is 0.230 e. The third kappa shape index (κ3) is 4.19. The van der Waals surface area contributed by atoms with Crippen LogP contribution >= 0.6 is 11.3 Å². The average molecular weight is 541 g/mol. The number of aliphatic hydroxyl groups excluding tert-OH is 1. The summed E-state index contributed by atoms with van der Waals surface area (Å²) in [6.45, 7) is 2.60. The molecule has 0 bridgehead atoms. The summed E-state index contributed by atoms with van der Waals surface area (Å²) in [5, 5.41) is 15.2. The highest BCUT2D eigenvalue weighted by molar-refractivity contribution is 7.26. The number of carbonyl (C=O) groups excluding carboxylic acids is 1. The van der Waals surface area contributed by atoms with Gasteiger partial charge >= 0.3 is 0 Å². The molecule has 0 radical (unpaired) electrons. The minimum Gasteiger partial charge on any atom is -0.440 e. The number of benzene rings is 3. The molecule has 7 rings (SSSR count). The van der Waals surface area contributed by atoms with Gasteiger partial charge in [-0.15, -0.1) is 11.3 Å². The maximum absolute atomic E-state index is 13.1. The molecule has 2 N–H and O–H groups in total. The summed E-state index contributed by atoms with van der Waals surface area (Å²) in [6.07, 6.45) is 2.14. The molecule has 0 atom stereocenters. The molecule has 1 aliphatic carbocycles. The van der Waals surface area contributed by atoms with Crippen molar-refractivity contribution in [3.8, 4) is 11.1 Å².